The second-order valence-corrected chi connectivity index (χ2v) is 17.0. The van der Waals surface area contributed by atoms with Gasteiger partial charge in [-0.15, -0.1) is 20.3 Å². The zero-order valence-electron chi connectivity index (χ0n) is 39.9. The first-order valence-electron chi connectivity index (χ1n) is 23.6. The third-order valence-electron chi connectivity index (χ3n) is 11.4. The minimum absolute atomic E-state index is 0.0358. The molecule has 4 fully saturated rings. The monoisotopic (exact) mass is 1040 g/mol. The number of hydroxylamine groups is 8. The molecule has 4 aliphatic heterocycles. The molecule has 0 aromatic rings. The van der Waals surface area contributed by atoms with Crippen molar-refractivity contribution in [2.75, 3.05) is 26.4 Å². The van der Waals surface area contributed by atoms with Gasteiger partial charge in [-0.2, -0.15) is 0 Å². The van der Waals surface area contributed by atoms with E-state index >= 15 is 0 Å². The van der Waals surface area contributed by atoms with Gasteiger partial charge in [0.1, 0.15) is 0 Å². The predicted octanol–water partition coefficient (Wildman–Crippen LogP) is 0.816. The second kappa shape index (κ2) is 29.0. The van der Waals surface area contributed by atoms with Gasteiger partial charge in [-0.25, -0.2) is 19.2 Å². The van der Waals surface area contributed by atoms with Crippen LogP contribution in [0.1, 0.15) is 154 Å². The average molecular weight is 1040 g/mol. The summed E-state index contributed by atoms with van der Waals surface area (Å²) in [6, 6.07) is 0. The maximum atomic E-state index is 12.8. The second-order valence-electron chi connectivity index (χ2n) is 17.0. The van der Waals surface area contributed by atoms with Crippen LogP contribution in [0.25, 0.3) is 0 Å². The van der Waals surface area contributed by atoms with E-state index < -0.39 is 100 Å². The number of imide groups is 4. The van der Waals surface area contributed by atoms with E-state index in [2.05, 4.69) is 0 Å². The van der Waals surface area contributed by atoms with Crippen molar-refractivity contribution in [3.8, 4) is 0 Å². The number of amides is 8. The molecule has 0 atom stereocenters. The van der Waals surface area contributed by atoms with E-state index in [1.807, 2.05) is 0 Å². The van der Waals surface area contributed by atoms with Crippen LogP contribution >= 0.6 is 0 Å². The zero-order valence-corrected chi connectivity index (χ0v) is 39.9. The Hall–Kier alpha value is -7.68. The van der Waals surface area contributed by atoms with Crippen LogP contribution in [-0.2, 0) is 115 Å². The number of carbonyl (C=O) groups excluding carboxylic acids is 16. The number of rotatable bonds is 32. The van der Waals surface area contributed by atoms with Crippen LogP contribution in [0.4, 0.5) is 0 Å². The first-order valence-corrected chi connectivity index (χ1v) is 23.6. The van der Waals surface area contributed by atoms with Gasteiger partial charge in [-0.1, -0.05) is 0 Å². The van der Waals surface area contributed by atoms with E-state index in [0.29, 0.717) is 20.3 Å². The minimum atomic E-state index is -1.12. The molecular weight excluding hydrogens is 980 g/mol. The Kier molecular flexibility index (Phi) is 23.0. The minimum Gasteiger partial charge on any atom is -0.466 e. The highest BCUT2D eigenvalue weighted by atomic mass is 16.7. The highest BCUT2D eigenvalue weighted by Gasteiger charge is 2.37. The van der Waals surface area contributed by atoms with Gasteiger partial charge < -0.3 is 38.3 Å². The van der Waals surface area contributed by atoms with Crippen LogP contribution in [0.15, 0.2) is 0 Å². The van der Waals surface area contributed by atoms with Crippen molar-refractivity contribution in [1.29, 1.82) is 0 Å². The lowest BCUT2D eigenvalue weighted by Crippen LogP contribution is -2.32. The molecule has 4 aliphatic rings. The Bertz CT molecular complexity index is 1820. The van der Waals surface area contributed by atoms with E-state index in [0.717, 1.165) is 0 Å². The molecule has 73 heavy (non-hydrogen) atoms. The largest absolute Gasteiger partial charge is 0.466 e. The van der Waals surface area contributed by atoms with Gasteiger partial charge in [0.2, 0.25) is 0 Å². The van der Waals surface area contributed by atoms with Crippen LogP contribution in [0.3, 0.4) is 0 Å². The van der Waals surface area contributed by atoms with E-state index in [-0.39, 0.29) is 181 Å². The molecule has 28 nitrogen and oxygen atoms in total. The maximum Gasteiger partial charge on any atom is 0.333 e. The molecule has 0 aromatic carbocycles. The lowest BCUT2D eigenvalue weighted by atomic mass is 9.76. The first kappa shape index (κ1) is 57.9. The van der Waals surface area contributed by atoms with Crippen molar-refractivity contribution in [2.45, 2.75) is 154 Å². The molecule has 400 valence electrons. The zero-order chi connectivity index (χ0) is 53.5. The van der Waals surface area contributed by atoms with Crippen LogP contribution in [0, 0.1) is 5.41 Å². The molecule has 28 heteroatoms. The summed E-state index contributed by atoms with van der Waals surface area (Å²) in [5, 5.41) is 1.48. The molecule has 0 bridgehead atoms. The fraction of sp³-hybridized carbons (Fsp3) is 0.644. The highest BCUT2D eigenvalue weighted by molar-refractivity contribution is 6.03. The molecular formula is C45H56N4O24. The van der Waals surface area contributed by atoms with Gasteiger partial charge in [0.25, 0.3) is 47.3 Å². The molecule has 4 saturated heterocycles. The summed E-state index contributed by atoms with van der Waals surface area (Å²) in [5.41, 5.74) is -1.12. The van der Waals surface area contributed by atoms with E-state index in [9.17, 15) is 76.7 Å². The molecule has 0 radical (unpaired) electrons. The van der Waals surface area contributed by atoms with Crippen molar-refractivity contribution >= 4 is 95.0 Å². The summed E-state index contributed by atoms with van der Waals surface area (Å²) < 4.78 is 21.7. The van der Waals surface area contributed by atoms with Crippen molar-refractivity contribution in [1.82, 2.24) is 20.3 Å². The smallest absolute Gasteiger partial charge is 0.333 e. The van der Waals surface area contributed by atoms with Crippen LogP contribution in [0.2, 0.25) is 0 Å². The Morgan fingerprint density at radius 2 is 0.452 bits per heavy atom. The molecule has 4 heterocycles. The summed E-state index contributed by atoms with van der Waals surface area (Å²) >= 11 is 0. The standard InChI is InChI=1S/C45H56N4O24/c50-29-13-14-30(51)46(29)70-41(62)9-1-5-37(58)66-25-21-45(22-26-67-38(59)6-2-10-42(63)71-47-31(52)15-16-32(47)53,23-27-68-39(60)7-3-11-43(64)72-48-33(54)17-18-34(48)55)24-28-69-40(61)8-4-12-44(65)73-49-35(56)19-20-36(49)57/h1-28H2. The van der Waals surface area contributed by atoms with Gasteiger partial charge >= 0.3 is 47.8 Å². The molecule has 0 N–H and O–H groups in total. The summed E-state index contributed by atoms with van der Waals surface area (Å²) in [5.74, 6) is -12.3. The SMILES string of the molecule is O=C(CCCC(=O)ON1C(=O)CCC1=O)OCCC(CCOC(=O)CCCC(=O)ON1C(=O)CCC1=O)(CCOC(=O)CCCC(=O)ON1C(=O)CCC1=O)CCOC(=O)CCCC(=O)ON1C(=O)CCC1=O. The van der Waals surface area contributed by atoms with Crippen molar-refractivity contribution < 1.29 is 115 Å². The molecule has 0 spiro atoms. The normalized spacial score (nSPS) is 15.8. The van der Waals surface area contributed by atoms with Crippen LogP contribution < -0.4 is 0 Å². The number of carbonyl (C=O) groups is 16. The van der Waals surface area contributed by atoms with Gasteiger partial charge in [0.05, 0.1) is 26.4 Å². The Labute approximate surface area is 415 Å². The van der Waals surface area contributed by atoms with E-state index in [1.165, 1.54) is 0 Å². The fourth-order valence-electron chi connectivity index (χ4n) is 7.29. The summed E-state index contributed by atoms with van der Waals surface area (Å²) in [4.78, 5) is 213. The molecule has 0 unspecified atom stereocenters. The van der Waals surface area contributed by atoms with Crippen molar-refractivity contribution in [3.63, 3.8) is 0 Å². The molecule has 0 saturated carbocycles. The van der Waals surface area contributed by atoms with Crippen molar-refractivity contribution in [2.24, 2.45) is 5.41 Å². The molecule has 0 aliphatic carbocycles. The Morgan fingerprint density at radius 1 is 0.288 bits per heavy atom. The Balaban J connectivity index is 1.36. The van der Waals surface area contributed by atoms with Gasteiger partial charge in [0, 0.05) is 103 Å². The van der Waals surface area contributed by atoms with Crippen molar-refractivity contribution in [3.05, 3.63) is 0 Å². The van der Waals surface area contributed by atoms with E-state index in [4.69, 9.17) is 38.3 Å². The lowest BCUT2D eigenvalue weighted by molar-refractivity contribution is -0.197. The number of hydrogen-bond acceptors (Lipinski definition) is 24. The molecule has 8 amide bonds. The Morgan fingerprint density at radius 3 is 0.630 bits per heavy atom. The summed E-state index contributed by atoms with van der Waals surface area (Å²) in [6.45, 7) is -1.24. The topological polar surface area (TPSA) is 360 Å². The fourth-order valence-corrected chi connectivity index (χ4v) is 7.29. The number of ether oxygens (including phenoxy) is 4. The van der Waals surface area contributed by atoms with Gasteiger partial charge in [-0.3, -0.25) is 57.5 Å². The van der Waals surface area contributed by atoms with E-state index in [1.54, 1.807) is 0 Å². The molecule has 4 rings (SSSR count). The summed E-state index contributed by atoms with van der Waals surface area (Å²) in [7, 11) is 0. The van der Waals surface area contributed by atoms with Gasteiger partial charge in [0.15, 0.2) is 0 Å². The third kappa shape index (κ3) is 19.8. The first-order chi connectivity index (χ1) is 34.7. The van der Waals surface area contributed by atoms with Gasteiger partial charge in [-0.05, 0) is 56.8 Å². The summed E-state index contributed by atoms with van der Waals surface area (Å²) in [6.07, 6.45) is -4.01. The predicted molar refractivity (Wildman–Crippen MR) is 229 cm³/mol. The number of esters is 4. The number of nitrogens with zero attached hydrogens (tertiary/aromatic N) is 4. The average Bonchev–Trinajstić information content (AvgIpc) is 4.04. The van der Waals surface area contributed by atoms with Crippen LogP contribution in [0.5, 0.6) is 0 Å². The third-order valence-corrected chi connectivity index (χ3v) is 11.4. The molecule has 0 aromatic heterocycles. The quantitative estimate of drug-likeness (QED) is 0.0511. The van der Waals surface area contributed by atoms with Crippen LogP contribution in [-0.4, -0.2) is 142 Å². The maximum absolute atomic E-state index is 12.8. The lowest BCUT2D eigenvalue weighted by Gasteiger charge is -2.33. The highest BCUT2D eigenvalue weighted by Crippen LogP contribution is 2.36. The number of hydrogen-bond donors (Lipinski definition) is 0.